The molecule has 1 unspecified atom stereocenters. The second-order valence-electron chi connectivity index (χ2n) is 6.00. The number of thiophene rings is 1. The van der Waals surface area contributed by atoms with Gasteiger partial charge in [-0.3, -0.25) is 9.48 Å². The molecule has 1 atom stereocenters. The number of amides is 1. The molecule has 2 aromatic heterocycles. The monoisotopic (exact) mass is 357 g/mol. The van der Waals surface area contributed by atoms with Gasteiger partial charge >= 0.3 is 6.18 Å². The predicted octanol–water partition coefficient (Wildman–Crippen LogP) is 4.01. The van der Waals surface area contributed by atoms with Crippen LogP contribution in [-0.2, 0) is 17.5 Å². The zero-order chi connectivity index (χ0) is 17.2. The fourth-order valence-electron chi connectivity index (χ4n) is 3.15. The molecule has 130 valence electrons. The average molecular weight is 357 g/mol. The van der Waals surface area contributed by atoms with Crippen molar-refractivity contribution in [3.8, 4) is 0 Å². The number of hydrogen-bond donors (Lipinski definition) is 1. The van der Waals surface area contributed by atoms with Crippen LogP contribution < -0.4 is 5.32 Å². The maximum absolute atomic E-state index is 12.6. The van der Waals surface area contributed by atoms with Crippen LogP contribution in [0.3, 0.4) is 0 Å². The summed E-state index contributed by atoms with van der Waals surface area (Å²) in [5.41, 5.74) is -0.985. The van der Waals surface area contributed by atoms with Gasteiger partial charge in [-0.2, -0.15) is 18.3 Å². The minimum Gasteiger partial charge on any atom is -0.347 e. The summed E-state index contributed by atoms with van der Waals surface area (Å²) in [5, 5.41) is 8.37. The fourth-order valence-corrected chi connectivity index (χ4v) is 4.02. The van der Waals surface area contributed by atoms with Crippen LogP contribution in [0, 0.1) is 5.92 Å². The van der Waals surface area contributed by atoms with E-state index in [1.165, 1.54) is 6.20 Å². The van der Waals surface area contributed by atoms with Crippen LogP contribution in [0.15, 0.2) is 29.8 Å². The molecule has 1 amide bonds. The Balaban J connectivity index is 1.66. The predicted molar refractivity (Wildman–Crippen MR) is 84.4 cm³/mol. The van der Waals surface area contributed by atoms with E-state index in [0.29, 0.717) is 5.92 Å². The van der Waals surface area contributed by atoms with Crippen molar-refractivity contribution in [1.29, 1.82) is 0 Å². The third-order valence-electron chi connectivity index (χ3n) is 4.27. The first-order chi connectivity index (χ1) is 11.4. The largest absolute Gasteiger partial charge is 0.435 e. The van der Waals surface area contributed by atoms with Gasteiger partial charge < -0.3 is 5.32 Å². The summed E-state index contributed by atoms with van der Waals surface area (Å²) in [7, 11) is 0. The van der Waals surface area contributed by atoms with Crippen molar-refractivity contribution in [2.24, 2.45) is 5.92 Å². The van der Waals surface area contributed by atoms with E-state index in [4.69, 9.17) is 0 Å². The van der Waals surface area contributed by atoms with Crippen molar-refractivity contribution < 1.29 is 18.0 Å². The second-order valence-corrected chi connectivity index (χ2v) is 6.98. The van der Waals surface area contributed by atoms with Crippen LogP contribution in [0.4, 0.5) is 13.2 Å². The van der Waals surface area contributed by atoms with Gasteiger partial charge in [-0.15, -0.1) is 11.3 Å². The molecule has 1 aliphatic rings. The van der Waals surface area contributed by atoms with Gasteiger partial charge in [0.2, 0.25) is 5.91 Å². The Morgan fingerprint density at radius 2 is 2.12 bits per heavy atom. The Labute approximate surface area is 141 Å². The third-order valence-corrected chi connectivity index (χ3v) is 5.23. The molecule has 1 saturated carbocycles. The molecule has 1 N–H and O–H groups in total. The lowest BCUT2D eigenvalue weighted by Gasteiger charge is -2.23. The van der Waals surface area contributed by atoms with Gasteiger partial charge in [-0.25, -0.2) is 0 Å². The zero-order valence-corrected chi connectivity index (χ0v) is 13.7. The standard InChI is InChI=1S/C16H18F3N3OS/c17-16(18,19)13-7-8-22(21-13)10-14(23)20-15(11-4-1-2-5-11)12-6-3-9-24-12/h3,6-9,11,15H,1-2,4-5,10H2,(H,20,23). The Kier molecular flexibility index (Phi) is 4.93. The van der Waals surface area contributed by atoms with Crippen molar-refractivity contribution in [3.05, 3.63) is 40.3 Å². The number of alkyl halides is 3. The number of halogens is 3. The molecule has 3 rings (SSSR count). The lowest BCUT2D eigenvalue weighted by Crippen LogP contribution is -2.34. The molecule has 0 aliphatic heterocycles. The highest BCUT2D eigenvalue weighted by Gasteiger charge is 2.34. The second kappa shape index (κ2) is 6.96. The van der Waals surface area contributed by atoms with Crippen molar-refractivity contribution in [2.45, 2.75) is 44.4 Å². The highest BCUT2D eigenvalue weighted by Crippen LogP contribution is 2.37. The van der Waals surface area contributed by atoms with Crippen LogP contribution in [0.1, 0.15) is 42.3 Å². The summed E-state index contributed by atoms with van der Waals surface area (Å²) in [4.78, 5) is 13.4. The maximum Gasteiger partial charge on any atom is 0.435 e. The minimum atomic E-state index is -4.49. The van der Waals surface area contributed by atoms with Crippen LogP contribution in [-0.4, -0.2) is 15.7 Å². The molecule has 0 spiro atoms. The summed E-state index contributed by atoms with van der Waals surface area (Å²) >= 11 is 1.59. The first-order valence-corrected chi connectivity index (χ1v) is 8.75. The summed E-state index contributed by atoms with van der Waals surface area (Å²) in [6.07, 6.45) is 1.10. The minimum absolute atomic E-state index is 0.0716. The number of nitrogens with one attached hydrogen (secondary N) is 1. The van der Waals surface area contributed by atoms with Crippen molar-refractivity contribution in [3.63, 3.8) is 0 Å². The van der Waals surface area contributed by atoms with E-state index in [2.05, 4.69) is 10.4 Å². The van der Waals surface area contributed by atoms with Gasteiger partial charge in [0.1, 0.15) is 6.54 Å². The van der Waals surface area contributed by atoms with E-state index in [0.717, 1.165) is 41.3 Å². The van der Waals surface area contributed by atoms with Crippen molar-refractivity contribution in [2.75, 3.05) is 0 Å². The van der Waals surface area contributed by atoms with Crippen LogP contribution >= 0.6 is 11.3 Å². The molecule has 0 saturated heterocycles. The first-order valence-electron chi connectivity index (χ1n) is 7.87. The molecule has 0 radical (unpaired) electrons. The van der Waals surface area contributed by atoms with E-state index in [-0.39, 0.29) is 18.5 Å². The molecule has 2 heterocycles. The molecule has 0 bridgehead atoms. The Morgan fingerprint density at radius 3 is 2.71 bits per heavy atom. The summed E-state index contributed by atoms with van der Waals surface area (Å²) in [6, 6.07) is 4.74. The Bertz CT molecular complexity index is 675. The van der Waals surface area contributed by atoms with Crippen molar-refractivity contribution >= 4 is 17.2 Å². The first kappa shape index (κ1) is 17.0. The summed E-state index contributed by atoms with van der Waals surface area (Å²) < 4.78 is 38.7. The number of aromatic nitrogens is 2. The van der Waals surface area contributed by atoms with Gasteiger partial charge in [-0.05, 0) is 36.3 Å². The van der Waals surface area contributed by atoms with E-state index >= 15 is 0 Å². The van der Waals surface area contributed by atoms with Gasteiger partial charge in [0.05, 0.1) is 6.04 Å². The third kappa shape index (κ3) is 3.98. The van der Waals surface area contributed by atoms with E-state index in [1.807, 2.05) is 17.5 Å². The summed E-state index contributed by atoms with van der Waals surface area (Å²) in [5.74, 6) is 0.0630. The number of carbonyl (C=O) groups is 1. The molecule has 1 fully saturated rings. The number of rotatable bonds is 5. The van der Waals surface area contributed by atoms with Gasteiger partial charge in [0, 0.05) is 11.1 Å². The SMILES string of the molecule is O=C(Cn1ccc(C(F)(F)F)n1)NC(c1cccs1)C1CCCC1. The lowest BCUT2D eigenvalue weighted by atomic mass is 9.96. The highest BCUT2D eigenvalue weighted by atomic mass is 32.1. The van der Waals surface area contributed by atoms with E-state index in [9.17, 15) is 18.0 Å². The molecule has 4 nitrogen and oxygen atoms in total. The Hall–Kier alpha value is -1.83. The Morgan fingerprint density at radius 1 is 1.38 bits per heavy atom. The van der Waals surface area contributed by atoms with Gasteiger partial charge in [0.15, 0.2) is 5.69 Å². The fraction of sp³-hybridized carbons (Fsp3) is 0.500. The van der Waals surface area contributed by atoms with Crippen LogP contribution in [0.25, 0.3) is 0 Å². The average Bonchev–Trinajstić information content (AvgIpc) is 3.25. The molecule has 2 aromatic rings. The van der Waals surface area contributed by atoms with Crippen LogP contribution in [0.5, 0.6) is 0 Å². The molecular weight excluding hydrogens is 339 g/mol. The smallest absolute Gasteiger partial charge is 0.347 e. The molecule has 0 aromatic carbocycles. The summed E-state index contributed by atoms with van der Waals surface area (Å²) in [6.45, 7) is -0.218. The quantitative estimate of drug-likeness (QED) is 0.879. The zero-order valence-electron chi connectivity index (χ0n) is 12.9. The van der Waals surface area contributed by atoms with E-state index in [1.54, 1.807) is 11.3 Å². The lowest BCUT2D eigenvalue weighted by molar-refractivity contribution is -0.141. The van der Waals surface area contributed by atoms with Crippen molar-refractivity contribution in [1.82, 2.24) is 15.1 Å². The molecular formula is C16H18F3N3OS. The number of nitrogens with zero attached hydrogens (tertiary/aromatic N) is 2. The topological polar surface area (TPSA) is 46.9 Å². The number of carbonyl (C=O) groups excluding carboxylic acids is 1. The van der Waals surface area contributed by atoms with E-state index < -0.39 is 11.9 Å². The van der Waals surface area contributed by atoms with Crippen LogP contribution in [0.2, 0.25) is 0 Å². The normalized spacial score (nSPS) is 17.1. The molecule has 8 heteroatoms. The van der Waals surface area contributed by atoms with Gasteiger partial charge in [-0.1, -0.05) is 18.9 Å². The molecule has 24 heavy (non-hydrogen) atoms. The number of hydrogen-bond acceptors (Lipinski definition) is 3. The maximum atomic E-state index is 12.6. The molecule has 1 aliphatic carbocycles. The van der Waals surface area contributed by atoms with Gasteiger partial charge in [0.25, 0.3) is 0 Å². The highest BCUT2D eigenvalue weighted by molar-refractivity contribution is 7.10.